The minimum absolute atomic E-state index is 0.0881. The summed E-state index contributed by atoms with van der Waals surface area (Å²) in [5.74, 6) is -1.87. The highest BCUT2D eigenvalue weighted by molar-refractivity contribution is 5.94. The Morgan fingerprint density at radius 2 is 1.86 bits per heavy atom. The number of pyridine rings is 1. The van der Waals surface area contributed by atoms with E-state index in [-0.39, 0.29) is 12.5 Å². The molecule has 0 unspecified atom stereocenters. The number of hydrogen-bond acceptors (Lipinski definition) is 3. The standard InChI is InChI=1S/C17H18N2O3/c1-12-4-2-3-5-14(12)10-15(17(21)22)11-19-16(20)13-6-8-18-9-7-13/h2-9,15H,10-11H2,1H3,(H,19,20)(H,21,22)/t15-/m0/s1. The van der Waals surface area contributed by atoms with Crippen LogP contribution in [0.5, 0.6) is 0 Å². The van der Waals surface area contributed by atoms with Crippen molar-refractivity contribution >= 4 is 11.9 Å². The van der Waals surface area contributed by atoms with Gasteiger partial charge in [0, 0.05) is 24.5 Å². The molecule has 0 aliphatic heterocycles. The van der Waals surface area contributed by atoms with Crippen molar-refractivity contribution in [1.82, 2.24) is 10.3 Å². The van der Waals surface area contributed by atoms with Crippen molar-refractivity contribution in [3.8, 4) is 0 Å². The number of aryl methyl sites for hydroxylation is 1. The van der Waals surface area contributed by atoms with Crippen molar-refractivity contribution in [1.29, 1.82) is 0 Å². The third-order valence-corrected chi connectivity index (χ3v) is 3.53. The number of carboxylic acid groups (broad SMARTS) is 1. The average Bonchev–Trinajstić information content (AvgIpc) is 2.53. The normalized spacial score (nSPS) is 11.7. The Morgan fingerprint density at radius 1 is 1.18 bits per heavy atom. The van der Waals surface area contributed by atoms with E-state index in [9.17, 15) is 14.7 Å². The van der Waals surface area contributed by atoms with Crippen LogP contribution in [0.1, 0.15) is 21.5 Å². The van der Waals surface area contributed by atoms with Crippen LogP contribution in [0.25, 0.3) is 0 Å². The summed E-state index contributed by atoms with van der Waals surface area (Å²) < 4.78 is 0. The fourth-order valence-electron chi connectivity index (χ4n) is 2.17. The minimum Gasteiger partial charge on any atom is -0.481 e. The van der Waals surface area contributed by atoms with E-state index >= 15 is 0 Å². The molecule has 2 rings (SSSR count). The molecule has 114 valence electrons. The van der Waals surface area contributed by atoms with Crippen molar-refractivity contribution in [3.05, 3.63) is 65.5 Å². The van der Waals surface area contributed by atoms with Crippen LogP contribution in [0.15, 0.2) is 48.8 Å². The van der Waals surface area contributed by atoms with Crippen molar-refractivity contribution in [2.45, 2.75) is 13.3 Å². The highest BCUT2D eigenvalue weighted by Gasteiger charge is 2.20. The summed E-state index contributed by atoms with van der Waals surface area (Å²) in [4.78, 5) is 27.2. The highest BCUT2D eigenvalue weighted by Crippen LogP contribution is 2.13. The zero-order valence-electron chi connectivity index (χ0n) is 12.3. The molecule has 1 heterocycles. The molecule has 1 amide bonds. The van der Waals surface area contributed by atoms with E-state index in [0.29, 0.717) is 12.0 Å². The number of nitrogens with zero attached hydrogens (tertiary/aromatic N) is 1. The lowest BCUT2D eigenvalue weighted by atomic mass is 9.96. The van der Waals surface area contributed by atoms with Crippen LogP contribution in [0.2, 0.25) is 0 Å². The number of rotatable bonds is 6. The molecule has 0 aliphatic rings. The van der Waals surface area contributed by atoms with E-state index in [1.165, 1.54) is 12.4 Å². The quantitative estimate of drug-likeness (QED) is 0.855. The summed E-state index contributed by atoms with van der Waals surface area (Å²) in [5.41, 5.74) is 2.50. The maximum atomic E-state index is 12.0. The highest BCUT2D eigenvalue weighted by atomic mass is 16.4. The number of aromatic nitrogens is 1. The summed E-state index contributed by atoms with van der Waals surface area (Å²) in [7, 11) is 0. The summed E-state index contributed by atoms with van der Waals surface area (Å²) in [6.45, 7) is 2.04. The molecule has 5 heteroatoms. The fourth-order valence-corrected chi connectivity index (χ4v) is 2.17. The molecule has 1 aromatic carbocycles. The van der Waals surface area contributed by atoms with Gasteiger partial charge in [0.2, 0.25) is 0 Å². The van der Waals surface area contributed by atoms with Crippen LogP contribution in [0.3, 0.4) is 0 Å². The Bertz CT molecular complexity index is 656. The molecular formula is C17H18N2O3. The van der Waals surface area contributed by atoms with Gasteiger partial charge in [0.25, 0.3) is 5.91 Å². The number of hydrogen-bond donors (Lipinski definition) is 2. The van der Waals surface area contributed by atoms with Gasteiger partial charge < -0.3 is 10.4 Å². The molecule has 2 aromatic rings. The molecule has 0 bridgehead atoms. The number of carbonyl (C=O) groups is 2. The Kier molecular flexibility index (Phi) is 5.25. The zero-order valence-corrected chi connectivity index (χ0v) is 12.3. The van der Waals surface area contributed by atoms with E-state index in [0.717, 1.165) is 11.1 Å². The Balaban J connectivity index is 2.00. The SMILES string of the molecule is Cc1ccccc1C[C@@H](CNC(=O)c1ccncc1)C(=O)O. The first-order valence-corrected chi connectivity index (χ1v) is 7.03. The van der Waals surface area contributed by atoms with Crippen molar-refractivity contribution < 1.29 is 14.7 Å². The Morgan fingerprint density at radius 3 is 2.50 bits per heavy atom. The molecule has 0 saturated carbocycles. The van der Waals surface area contributed by atoms with Crippen molar-refractivity contribution in [2.75, 3.05) is 6.54 Å². The van der Waals surface area contributed by atoms with E-state index in [1.54, 1.807) is 12.1 Å². The number of benzene rings is 1. The van der Waals surface area contributed by atoms with E-state index in [2.05, 4.69) is 10.3 Å². The summed E-state index contributed by atoms with van der Waals surface area (Å²) in [5, 5.41) is 12.0. The first kappa shape index (κ1) is 15.7. The smallest absolute Gasteiger partial charge is 0.308 e. The maximum Gasteiger partial charge on any atom is 0.308 e. The number of amides is 1. The van der Waals surface area contributed by atoms with Crippen LogP contribution < -0.4 is 5.32 Å². The van der Waals surface area contributed by atoms with E-state index in [1.807, 2.05) is 31.2 Å². The van der Waals surface area contributed by atoms with Gasteiger partial charge in [-0.25, -0.2) is 0 Å². The third-order valence-electron chi connectivity index (χ3n) is 3.53. The van der Waals surface area contributed by atoms with Gasteiger partial charge in [-0.2, -0.15) is 0 Å². The van der Waals surface area contributed by atoms with Gasteiger partial charge in [0.1, 0.15) is 0 Å². The van der Waals surface area contributed by atoms with Crippen molar-refractivity contribution in [3.63, 3.8) is 0 Å². The molecule has 0 saturated heterocycles. The molecule has 1 aromatic heterocycles. The predicted octanol–water partition coefficient (Wildman–Crippen LogP) is 2.06. The van der Waals surface area contributed by atoms with Gasteiger partial charge in [-0.15, -0.1) is 0 Å². The summed E-state index contributed by atoms with van der Waals surface area (Å²) in [6, 6.07) is 10.8. The lowest BCUT2D eigenvalue weighted by molar-refractivity contribution is -0.141. The lowest BCUT2D eigenvalue weighted by Crippen LogP contribution is -2.34. The van der Waals surface area contributed by atoms with Gasteiger partial charge >= 0.3 is 5.97 Å². The molecule has 2 N–H and O–H groups in total. The second-order valence-corrected chi connectivity index (χ2v) is 5.11. The molecule has 0 radical (unpaired) electrons. The largest absolute Gasteiger partial charge is 0.481 e. The van der Waals surface area contributed by atoms with Crippen LogP contribution in [0, 0.1) is 12.8 Å². The molecule has 22 heavy (non-hydrogen) atoms. The van der Waals surface area contributed by atoms with Crippen molar-refractivity contribution in [2.24, 2.45) is 5.92 Å². The lowest BCUT2D eigenvalue weighted by Gasteiger charge is -2.15. The molecular weight excluding hydrogens is 280 g/mol. The van der Waals surface area contributed by atoms with Gasteiger partial charge in [-0.05, 0) is 36.6 Å². The van der Waals surface area contributed by atoms with E-state index < -0.39 is 11.9 Å². The third kappa shape index (κ3) is 4.15. The topological polar surface area (TPSA) is 79.3 Å². The van der Waals surface area contributed by atoms with Gasteiger partial charge in [0.15, 0.2) is 0 Å². The maximum absolute atomic E-state index is 12.0. The number of carbonyl (C=O) groups excluding carboxylic acids is 1. The zero-order chi connectivity index (χ0) is 15.9. The van der Waals surface area contributed by atoms with Gasteiger partial charge in [-0.3, -0.25) is 14.6 Å². The van der Waals surface area contributed by atoms with Gasteiger partial charge in [0.05, 0.1) is 5.92 Å². The second kappa shape index (κ2) is 7.36. The monoisotopic (exact) mass is 298 g/mol. The summed E-state index contributed by atoms with van der Waals surface area (Å²) >= 11 is 0. The molecule has 0 spiro atoms. The molecule has 1 atom stereocenters. The van der Waals surface area contributed by atoms with Crippen LogP contribution in [0.4, 0.5) is 0 Å². The summed E-state index contributed by atoms with van der Waals surface area (Å²) in [6.07, 6.45) is 3.44. The van der Waals surface area contributed by atoms with Crippen LogP contribution in [-0.2, 0) is 11.2 Å². The van der Waals surface area contributed by atoms with Crippen LogP contribution in [-0.4, -0.2) is 28.5 Å². The van der Waals surface area contributed by atoms with Gasteiger partial charge in [-0.1, -0.05) is 24.3 Å². The second-order valence-electron chi connectivity index (χ2n) is 5.11. The molecule has 0 aliphatic carbocycles. The molecule has 5 nitrogen and oxygen atoms in total. The first-order chi connectivity index (χ1) is 10.6. The first-order valence-electron chi connectivity index (χ1n) is 7.03. The Hall–Kier alpha value is -2.69. The Labute approximate surface area is 129 Å². The van der Waals surface area contributed by atoms with E-state index in [4.69, 9.17) is 0 Å². The number of aliphatic carboxylic acids is 1. The predicted molar refractivity (Wildman–Crippen MR) is 82.6 cm³/mol. The number of carboxylic acids is 1. The number of nitrogens with one attached hydrogen (secondary N) is 1. The molecule has 0 fully saturated rings. The van der Waals surface area contributed by atoms with Crippen LogP contribution >= 0.6 is 0 Å². The minimum atomic E-state index is -0.918. The fraction of sp³-hybridized carbons (Fsp3) is 0.235. The average molecular weight is 298 g/mol.